The van der Waals surface area contributed by atoms with Gasteiger partial charge in [-0.25, -0.2) is 0 Å². The zero-order valence-electron chi connectivity index (χ0n) is 12.4. The Morgan fingerprint density at radius 3 is 2.41 bits per heavy atom. The molecule has 0 fully saturated rings. The summed E-state index contributed by atoms with van der Waals surface area (Å²) >= 11 is -0.0366. The average molecular weight is 357 g/mol. The summed E-state index contributed by atoms with van der Waals surface area (Å²) in [5.41, 5.74) is 3.86. The van der Waals surface area contributed by atoms with Crippen LogP contribution in [0.15, 0.2) is 54.6 Å². The molecule has 0 saturated carbocycles. The van der Waals surface area contributed by atoms with Gasteiger partial charge in [-0.05, 0) is 0 Å². The molecular weight excluding hydrogens is 342 g/mol. The molecule has 0 bridgehead atoms. The number of carbonyl (C=O) groups excluding carboxylic acids is 1. The number of halogens is 1. The molecule has 2 aromatic carbocycles. The maximum atomic E-state index is 13.0. The molecule has 3 aromatic rings. The second-order valence-corrected chi connectivity index (χ2v) is 7.59. The van der Waals surface area contributed by atoms with Crippen LogP contribution < -0.4 is 0 Å². The fourth-order valence-electron chi connectivity index (χ4n) is 2.34. The van der Waals surface area contributed by atoms with Gasteiger partial charge in [-0.2, -0.15) is 0 Å². The molecule has 1 aromatic heterocycles. The Labute approximate surface area is 135 Å². The monoisotopic (exact) mass is 358 g/mol. The molecule has 22 heavy (non-hydrogen) atoms. The van der Waals surface area contributed by atoms with Gasteiger partial charge in [0.2, 0.25) is 0 Å². The van der Waals surface area contributed by atoms with Gasteiger partial charge in [0.25, 0.3) is 0 Å². The fourth-order valence-corrected chi connectivity index (χ4v) is 4.37. The van der Waals surface area contributed by atoms with Crippen LogP contribution in [-0.2, 0) is 0 Å². The number of benzene rings is 2. The Morgan fingerprint density at radius 2 is 1.68 bits per heavy atom. The first kappa shape index (κ1) is 15.0. The van der Waals surface area contributed by atoms with Crippen molar-refractivity contribution in [3.63, 3.8) is 0 Å². The Hall–Kier alpha value is -1.96. The predicted octanol–water partition coefficient (Wildman–Crippen LogP) is 4.40. The first-order valence-electron chi connectivity index (χ1n) is 7.02. The van der Waals surface area contributed by atoms with E-state index in [4.69, 9.17) is 0 Å². The van der Waals surface area contributed by atoms with Crippen molar-refractivity contribution in [2.45, 2.75) is 13.8 Å². The first-order valence-corrected chi connectivity index (χ1v) is 8.73. The number of aryl methyl sites for hydroxylation is 2. The molecule has 110 valence electrons. The predicted molar refractivity (Wildman–Crippen MR) is 88.1 cm³/mol. The standard InChI is InChI=1S/C19H15FOSe/c1-12-3-4-13(2)16(11-12)19(21)18-10-9-17(22-18)14-5-7-15(20)8-6-14/h3-11H,1-2H3. The van der Waals surface area contributed by atoms with E-state index in [0.717, 1.165) is 31.1 Å². The van der Waals surface area contributed by atoms with Crippen molar-refractivity contribution in [3.8, 4) is 10.0 Å². The molecule has 0 aliphatic carbocycles. The van der Waals surface area contributed by atoms with E-state index in [0.29, 0.717) is 0 Å². The molecule has 3 rings (SSSR count). The molecule has 0 N–H and O–H groups in total. The summed E-state index contributed by atoms with van der Waals surface area (Å²) in [4.78, 5) is 12.7. The van der Waals surface area contributed by atoms with Crippen molar-refractivity contribution in [1.29, 1.82) is 0 Å². The number of hydrogen-bond donors (Lipinski definition) is 0. The number of carbonyl (C=O) groups is 1. The summed E-state index contributed by atoms with van der Waals surface area (Å²) in [6.07, 6.45) is 0. The van der Waals surface area contributed by atoms with E-state index in [2.05, 4.69) is 0 Å². The molecule has 0 aliphatic heterocycles. The minimum atomic E-state index is -0.241. The van der Waals surface area contributed by atoms with Crippen molar-refractivity contribution in [2.24, 2.45) is 0 Å². The van der Waals surface area contributed by atoms with Crippen LogP contribution in [0.3, 0.4) is 0 Å². The molecule has 0 saturated heterocycles. The van der Waals surface area contributed by atoms with Gasteiger partial charge < -0.3 is 0 Å². The van der Waals surface area contributed by atoms with Crippen molar-refractivity contribution >= 4 is 20.3 Å². The number of rotatable bonds is 3. The summed E-state index contributed by atoms with van der Waals surface area (Å²) in [6.45, 7) is 3.95. The van der Waals surface area contributed by atoms with Crippen LogP contribution >= 0.6 is 0 Å². The van der Waals surface area contributed by atoms with E-state index >= 15 is 0 Å². The van der Waals surface area contributed by atoms with E-state index in [1.54, 1.807) is 12.1 Å². The molecule has 3 heteroatoms. The average Bonchev–Trinajstić information content (AvgIpc) is 2.99. The molecule has 0 unspecified atom stereocenters. The fraction of sp³-hybridized carbons (Fsp3) is 0.105. The molecular formula is C19H15FOSe. The zero-order valence-corrected chi connectivity index (χ0v) is 14.1. The van der Waals surface area contributed by atoms with Gasteiger partial charge in [0.1, 0.15) is 0 Å². The van der Waals surface area contributed by atoms with Crippen LogP contribution in [0.25, 0.3) is 10.0 Å². The van der Waals surface area contributed by atoms with Gasteiger partial charge >= 0.3 is 135 Å². The van der Waals surface area contributed by atoms with Crippen LogP contribution in [0, 0.1) is 19.7 Å². The van der Waals surface area contributed by atoms with E-state index in [1.807, 2.05) is 44.2 Å². The van der Waals surface area contributed by atoms with Gasteiger partial charge in [-0.1, -0.05) is 0 Å². The first-order chi connectivity index (χ1) is 10.5. The summed E-state index contributed by atoms with van der Waals surface area (Å²) in [5, 5.41) is 0. The third-order valence-corrected chi connectivity index (χ3v) is 5.97. The van der Waals surface area contributed by atoms with Gasteiger partial charge in [0, 0.05) is 0 Å². The SMILES string of the molecule is Cc1ccc(C)c(C(=O)c2ccc(-c3ccc(F)cc3)[se]2)c1. The topological polar surface area (TPSA) is 17.1 Å². The van der Waals surface area contributed by atoms with E-state index in [9.17, 15) is 9.18 Å². The zero-order chi connectivity index (χ0) is 15.7. The van der Waals surface area contributed by atoms with E-state index in [-0.39, 0.29) is 26.1 Å². The molecule has 0 atom stereocenters. The molecule has 0 spiro atoms. The Bertz CT molecular complexity index is 831. The molecule has 0 aliphatic rings. The summed E-state index contributed by atoms with van der Waals surface area (Å²) < 4.78 is 15.0. The molecule has 0 amide bonds. The van der Waals surface area contributed by atoms with E-state index < -0.39 is 0 Å². The summed E-state index contributed by atoms with van der Waals surface area (Å²) in [6, 6.07) is 16.3. The van der Waals surface area contributed by atoms with Gasteiger partial charge in [0.05, 0.1) is 0 Å². The Morgan fingerprint density at radius 1 is 0.955 bits per heavy atom. The summed E-state index contributed by atoms with van der Waals surface area (Å²) in [5.74, 6) is -0.135. The van der Waals surface area contributed by atoms with Crippen LogP contribution in [0.5, 0.6) is 0 Å². The Kier molecular flexibility index (Phi) is 4.10. The number of ketones is 1. The minimum absolute atomic E-state index is 0.0366. The van der Waals surface area contributed by atoms with Crippen LogP contribution in [-0.4, -0.2) is 20.3 Å². The van der Waals surface area contributed by atoms with Crippen molar-refractivity contribution in [3.05, 3.63) is 81.5 Å². The van der Waals surface area contributed by atoms with Gasteiger partial charge in [-0.15, -0.1) is 0 Å². The van der Waals surface area contributed by atoms with Crippen LogP contribution in [0.4, 0.5) is 4.39 Å². The second kappa shape index (κ2) is 6.04. The third-order valence-electron chi connectivity index (χ3n) is 3.60. The molecule has 0 radical (unpaired) electrons. The van der Waals surface area contributed by atoms with Gasteiger partial charge in [-0.3, -0.25) is 0 Å². The maximum absolute atomic E-state index is 13.0. The quantitative estimate of drug-likeness (QED) is 0.502. The molecule has 1 nitrogen and oxygen atoms in total. The normalized spacial score (nSPS) is 10.7. The van der Waals surface area contributed by atoms with Crippen LogP contribution in [0.2, 0.25) is 0 Å². The number of hydrogen-bond acceptors (Lipinski definition) is 1. The van der Waals surface area contributed by atoms with Crippen LogP contribution in [0.1, 0.15) is 25.9 Å². The second-order valence-electron chi connectivity index (χ2n) is 5.32. The summed E-state index contributed by atoms with van der Waals surface area (Å²) in [7, 11) is 0. The van der Waals surface area contributed by atoms with Crippen molar-refractivity contribution in [2.75, 3.05) is 0 Å². The van der Waals surface area contributed by atoms with Crippen molar-refractivity contribution in [1.82, 2.24) is 0 Å². The van der Waals surface area contributed by atoms with Gasteiger partial charge in [0.15, 0.2) is 0 Å². The van der Waals surface area contributed by atoms with Crippen molar-refractivity contribution < 1.29 is 9.18 Å². The van der Waals surface area contributed by atoms with E-state index in [1.165, 1.54) is 12.1 Å². The molecule has 1 heterocycles. The Balaban J connectivity index is 1.95. The third kappa shape index (κ3) is 2.96.